The minimum absolute atomic E-state index is 0.111. The van der Waals surface area contributed by atoms with E-state index >= 15 is 0 Å². The number of hydrogen-bond acceptors (Lipinski definition) is 9. The summed E-state index contributed by atoms with van der Waals surface area (Å²) in [5, 5.41) is 24.0. The summed E-state index contributed by atoms with van der Waals surface area (Å²) in [6, 6.07) is 12.2. The highest BCUT2D eigenvalue weighted by molar-refractivity contribution is 5.94. The van der Waals surface area contributed by atoms with Crippen LogP contribution < -0.4 is 20.7 Å². The van der Waals surface area contributed by atoms with Gasteiger partial charge in [0.15, 0.2) is 5.82 Å². The maximum atomic E-state index is 12.3. The normalized spacial score (nSPS) is 20.5. The highest BCUT2D eigenvalue weighted by atomic mass is 16.5. The van der Waals surface area contributed by atoms with Crippen molar-refractivity contribution in [3.63, 3.8) is 0 Å². The van der Waals surface area contributed by atoms with Crippen LogP contribution in [0, 0.1) is 6.92 Å². The van der Waals surface area contributed by atoms with Crippen molar-refractivity contribution in [3.05, 3.63) is 66.2 Å². The van der Waals surface area contributed by atoms with Gasteiger partial charge in [-0.15, -0.1) is 0 Å². The quantitative estimate of drug-likeness (QED) is 0.258. The van der Waals surface area contributed by atoms with E-state index < -0.39 is 5.60 Å². The number of amides is 1. The number of aliphatic hydroxyl groups is 1. The second-order valence-corrected chi connectivity index (χ2v) is 11.5. The Bertz CT molecular complexity index is 1530. The van der Waals surface area contributed by atoms with Gasteiger partial charge in [0.25, 0.3) is 5.91 Å². The number of nitrogens with zero attached hydrogens (tertiary/aromatic N) is 4. The summed E-state index contributed by atoms with van der Waals surface area (Å²) in [5.74, 6) is 1.67. The van der Waals surface area contributed by atoms with Gasteiger partial charge in [0.2, 0.25) is 0 Å². The molecule has 41 heavy (non-hydrogen) atoms. The zero-order chi connectivity index (χ0) is 28.6. The van der Waals surface area contributed by atoms with E-state index in [1.165, 1.54) is 6.20 Å². The molecule has 2 bridgehead atoms. The molecule has 11 heteroatoms. The lowest BCUT2D eigenvalue weighted by atomic mass is 9.94. The van der Waals surface area contributed by atoms with E-state index in [4.69, 9.17) is 9.47 Å². The molecule has 214 valence electrons. The molecule has 0 aromatic carbocycles. The number of fused-ring (bicyclic) bond motifs is 3. The van der Waals surface area contributed by atoms with E-state index in [1.54, 1.807) is 30.5 Å². The molecule has 6 rings (SSSR count). The first kappa shape index (κ1) is 27.1. The lowest BCUT2D eigenvalue weighted by molar-refractivity contribution is -0.0122. The topological polar surface area (TPSA) is 135 Å². The first-order chi connectivity index (χ1) is 19.7. The van der Waals surface area contributed by atoms with Crippen molar-refractivity contribution in [1.82, 2.24) is 30.2 Å². The van der Waals surface area contributed by atoms with Gasteiger partial charge in [-0.25, -0.2) is 9.50 Å². The minimum Gasteiger partial charge on any atom is -0.488 e. The SMILES string of the molecule is Cc1cc(-c2ccn3nc(Nc4ccc(C(=O)NCC(C)(C)O)cn4)cc3c2)c(O[C@H]2C[C@H]3COC[C@@H](C2)N3)cn1. The summed E-state index contributed by atoms with van der Waals surface area (Å²) in [4.78, 5) is 21.2. The Morgan fingerprint density at radius 3 is 2.66 bits per heavy atom. The molecular formula is C30H35N7O4. The number of carbonyl (C=O) groups is 1. The fraction of sp³-hybridized carbons (Fsp3) is 0.400. The molecule has 2 aliphatic heterocycles. The van der Waals surface area contributed by atoms with Crippen LogP contribution in [-0.2, 0) is 4.74 Å². The van der Waals surface area contributed by atoms with Crippen LogP contribution in [0.15, 0.2) is 55.0 Å². The third-order valence-corrected chi connectivity index (χ3v) is 7.24. The molecular weight excluding hydrogens is 522 g/mol. The number of pyridine rings is 3. The molecule has 6 heterocycles. The van der Waals surface area contributed by atoms with E-state index in [2.05, 4.69) is 43.1 Å². The number of carbonyl (C=O) groups excluding carboxylic acids is 1. The predicted octanol–water partition coefficient (Wildman–Crippen LogP) is 3.24. The number of rotatable bonds is 8. The van der Waals surface area contributed by atoms with Gasteiger partial charge >= 0.3 is 0 Å². The Balaban J connectivity index is 1.17. The molecule has 0 unspecified atom stereocenters. The van der Waals surface area contributed by atoms with Crippen molar-refractivity contribution in [1.29, 1.82) is 0 Å². The van der Waals surface area contributed by atoms with Crippen LogP contribution in [0.5, 0.6) is 5.75 Å². The van der Waals surface area contributed by atoms with Gasteiger partial charge in [0.1, 0.15) is 17.7 Å². The van der Waals surface area contributed by atoms with E-state index in [0.717, 1.165) is 54.1 Å². The number of aryl methyl sites for hydroxylation is 1. The fourth-order valence-electron chi connectivity index (χ4n) is 5.28. The van der Waals surface area contributed by atoms with Crippen molar-refractivity contribution in [2.24, 2.45) is 0 Å². The Morgan fingerprint density at radius 2 is 1.93 bits per heavy atom. The minimum atomic E-state index is -0.986. The van der Waals surface area contributed by atoms with Crippen LogP contribution in [0.25, 0.3) is 16.6 Å². The number of hydrogen-bond donors (Lipinski definition) is 4. The van der Waals surface area contributed by atoms with Gasteiger partial charge in [0, 0.05) is 61.2 Å². The zero-order valence-electron chi connectivity index (χ0n) is 23.4. The average Bonchev–Trinajstić information content (AvgIpc) is 3.34. The molecule has 2 aliphatic rings. The van der Waals surface area contributed by atoms with Crippen LogP contribution in [0.4, 0.5) is 11.6 Å². The molecule has 4 N–H and O–H groups in total. The smallest absolute Gasteiger partial charge is 0.252 e. The molecule has 0 saturated carbocycles. The van der Waals surface area contributed by atoms with Crippen molar-refractivity contribution in [3.8, 4) is 16.9 Å². The van der Waals surface area contributed by atoms with E-state index in [-0.39, 0.29) is 18.6 Å². The molecule has 0 radical (unpaired) electrons. The van der Waals surface area contributed by atoms with Gasteiger partial charge in [0.05, 0.1) is 36.1 Å². The summed E-state index contributed by atoms with van der Waals surface area (Å²) < 4.78 is 14.0. The van der Waals surface area contributed by atoms with Gasteiger partial charge < -0.3 is 30.5 Å². The summed E-state index contributed by atoms with van der Waals surface area (Å²) in [5.41, 5.74) is 3.26. The van der Waals surface area contributed by atoms with Gasteiger partial charge in [-0.3, -0.25) is 9.78 Å². The van der Waals surface area contributed by atoms with Crippen LogP contribution in [0.2, 0.25) is 0 Å². The van der Waals surface area contributed by atoms with Gasteiger partial charge in [-0.2, -0.15) is 5.10 Å². The van der Waals surface area contributed by atoms with Crippen molar-refractivity contribution >= 4 is 23.1 Å². The number of ether oxygens (including phenoxy) is 2. The average molecular weight is 558 g/mol. The third kappa shape index (κ3) is 6.48. The largest absolute Gasteiger partial charge is 0.488 e. The lowest BCUT2D eigenvalue weighted by Crippen LogP contribution is -2.56. The number of anilines is 2. The highest BCUT2D eigenvalue weighted by Crippen LogP contribution is 2.34. The van der Waals surface area contributed by atoms with E-state index in [0.29, 0.717) is 29.3 Å². The van der Waals surface area contributed by atoms with E-state index in [1.807, 2.05) is 31.5 Å². The summed E-state index contributed by atoms with van der Waals surface area (Å²) >= 11 is 0. The van der Waals surface area contributed by atoms with Crippen LogP contribution in [0.3, 0.4) is 0 Å². The molecule has 11 nitrogen and oxygen atoms in total. The Labute approximate surface area is 238 Å². The zero-order valence-corrected chi connectivity index (χ0v) is 23.4. The third-order valence-electron chi connectivity index (χ3n) is 7.24. The Kier molecular flexibility index (Phi) is 7.33. The maximum Gasteiger partial charge on any atom is 0.252 e. The molecule has 2 saturated heterocycles. The lowest BCUT2D eigenvalue weighted by Gasteiger charge is -2.40. The van der Waals surface area contributed by atoms with Crippen molar-refractivity contribution in [2.75, 3.05) is 25.1 Å². The summed E-state index contributed by atoms with van der Waals surface area (Å²) in [7, 11) is 0. The summed E-state index contributed by atoms with van der Waals surface area (Å²) in [6.07, 6.45) is 7.16. The molecule has 0 spiro atoms. The molecule has 3 atom stereocenters. The van der Waals surface area contributed by atoms with E-state index in [9.17, 15) is 9.90 Å². The van der Waals surface area contributed by atoms with Gasteiger partial charge in [-0.1, -0.05) is 0 Å². The monoisotopic (exact) mass is 557 g/mol. The molecule has 1 amide bonds. The number of nitrogens with one attached hydrogen (secondary N) is 3. The Hall–Kier alpha value is -4.06. The number of aromatic nitrogens is 4. The van der Waals surface area contributed by atoms with Crippen molar-refractivity contribution < 1.29 is 19.4 Å². The first-order valence-electron chi connectivity index (χ1n) is 13.9. The maximum absolute atomic E-state index is 12.3. The standard InChI is InChI=1S/C30H35N7O4/c1-18-8-25(26(14-31-18)41-24-10-21-15-40-16-22(11-24)34-21)19-6-7-37-23(9-19)12-28(36-37)35-27-5-4-20(13-32-27)29(38)33-17-30(2,3)39/h4-9,12-14,21-22,24,34,39H,10-11,15-17H2,1-3H3,(H,33,38)(H,32,35,36)/t21-,22+,24-. The van der Waals surface area contributed by atoms with Gasteiger partial charge in [-0.05, 0) is 56.7 Å². The predicted molar refractivity (Wildman–Crippen MR) is 154 cm³/mol. The summed E-state index contributed by atoms with van der Waals surface area (Å²) in [6.45, 7) is 6.85. The van der Waals surface area contributed by atoms with Crippen LogP contribution in [-0.4, -0.2) is 74.1 Å². The van der Waals surface area contributed by atoms with Crippen LogP contribution in [0.1, 0.15) is 42.7 Å². The molecule has 4 aromatic rings. The molecule has 0 aliphatic carbocycles. The molecule has 2 fully saturated rings. The van der Waals surface area contributed by atoms with Crippen molar-refractivity contribution in [2.45, 2.75) is 57.4 Å². The number of morpholine rings is 1. The fourth-order valence-corrected chi connectivity index (χ4v) is 5.28. The molecule has 4 aromatic heterocycles. The second kappa shape index (κ2) is 11.1. The highest BCUT2D eigenvalue weighted by Gasteiger charge is 2.33. The number of piperidine rings is 1. The van der Waals surface area contributed by atoms with Crippen LogP contribution >= 0.6 is 0 Å². The first-order valence-corrected chi connectivity index (χ1v) is 13.9. The second-order valence-electron chi connectivity index (χ2n) is 11.5. The Morgan fingerprint density at radius 1 is 1.12 bits per heavy atom.